The molecule has 2 aliphatic carbocycles. The van der Waals surface area contributed by atoms with Crippen LogP contribution in [0.25, 0.3) is 11.1 Å². The molecule has 0 aliphatic heterocycles. The van der Waals surface area contributed by atoms with Crippen LogP contribution in [0.3, 0.4) is 0 Å². The second-order valence-corrected chi connectivity index (χ2v) is 8.89. The number of alkyl halides is 1. The van der Waals surface area contributed by atoms with E-state index in [1.807, 2.05) is 12.1 Å². The molecule has 0 atom stereocenters. The highest BCUT2D eigenvalue weighted by molar-refractivity contribution is 14.1. The third-order valence-electron chi connectivity index (χ3n) is 5.21. The molecule has 0 spiro atoms. The van der Waals surface area contributed by atoms with Crippen LogP contribution in [0.5, 0.6) is 5.75 Å². The van der Waals surface area contributed by atoms with Gasteiger partial charge in [0.15, 0.2) is 11.6 Å². The van der Waals surface area contributed by atoms with Crippen LogP contribution >= 0.6 is 22.6 Å². The fourth-order valence-corrected chi connectivity index (χ4v) is 4.25. The lowest BCUT2D eigenvalue weighted by Crippen LogP contribution is -2.12. The van der Waals surface area contributed by atoms with Gasteiger partial charge in [-0.15, -0.1) is 0 Å². The highest BCUT2D eigenvalue weighted by Gasteiger charge is 2.26. The second kappa shape index (κ2) is 7.22. The van der Waals surface area contributed by atoms with Crippen molar-refractivity contribution in [2.75, 3.05) is 0 Å². The van der Waals surface area contributed by atoms with E-state index < -0.39 is 11.6 Å². The first-order valence-electron chi connectivity index (χ1n) is 9.01. The van der Waals surface area contributed by atoms with E-state index >= 15 is 0 Å². The monoisotopic (exact) mass is 454 g/mol. The van der Waals surface area contributed by atoms with Crippen LogP contribution in [0.1, 0.15) is 50.0 Å². The Morgan fingerprint density at radius 2 is 1.48 bits per heavy atom. The number of halogens is 3. The zero-order valence-corrected chi connectivity index (χ0v) is 16.1. The van der Waals surface area contributed by atoms with Gasteiger partial charge in [-0.3, -0.25) is 0 Å². The summed E-state index contributed by atoms with van der Waals surface area (Å²) in [5, 5.41) is 0. The largest absolute Gasteiger partial charge is 0.487 e. The fraction of sp³-hybridized carbons (Fsp3) is 0.429. The number of hydrogen-bond acceptors (Lipinski definition) is 1. The van der Waals surface area contributed by atoms with Gasteiger partial charge in [0.05, 0.1) is 6.10 Å². The summed E-state index contributed by atoms with van der Waals surface area (Å²) >= 11 is 2.53. The molecule has 0 heterocycles. The van der Waals surface area contributed by atoms with Gasteiger partial charge in [0.2, 0.25) is 5.82 Å². The zero-order chi connectivity index (χ0) is 17.4. The summed E-state index contributed by atoms with van der Waals surface area (Å²) in [6.07, 6.45) is 6.83. The van der Waals surface area contributed by atoms with Crippen molar-refractivity contribution < 1.29 is 13.5 Å². The lowest BCUT2D eigenvalue weighted by atomic mass is 9.83. The minimum absolute atomic E-state index is 0.0240. The van der Waals surface area contributed by atoms with Crippen LogP contribution in [-0.2, 0) is 0 Å². The van der Waals surface area contributed by atoms with Crippen molar-refractivity contribution in [1.29, 1.82) is 0 Å². The third-order valence-corrected chi connectivity index (χ3v) is 6.46. The molecular weight excluding hydrogens is 433 g/mol. The predicted molar refractivity (Wildman–Crippen MR) is 104 cm³/mol. The molecular formula is C21H21F2IO. The van der Waals surface area contributed by atoms with Gasteiger partial charge in [0, 0.05) is 9.49 Å². The smallest absolute Gasteiger partial charge is 0.201 e. The molecule has 4 heteroatoms. The molecule has 0 N–H and O–H groups in total. The quantitative estimate of drug-likeness (QED) is 0.372. The first-order valence-corrected chi connectivity index (χ1v) is 10.3. The molecule has 0 bridgehead atoms. The van der Waals surface area contributed by atoms with Gasteiger partial charge >= 0.3 is 0 Å². The lowest BCUT2D eigenvalue weighted by molar-refractivity contribution is 0.282. The fourth-order valence-electron chi connectivity index (χ4n) is 3.53. The Bertz CT molecular complexity index is 747. The van der Waals surface area contributed by atoms with E-state index in [0.29, 0.717) is 17.0 Å². The number of rotatable bonds is 4. The molecule has 0 saturated heterocycles. The normalized spacial score (nSPS) is 23.5. The molecule has 2 aromatic carbocycles. The maximum atomic E-state index is 14.5. The minimum atomic E-state index is -0.881. The van der Waals surface area contributed by atoms with Gasteiger partial charge in [-0.25, -0.2) is 4.39 Å². The van der Waals surface area contributed by atoms with E-state index in [1.54, 1.807) is 12.1 Å². The van der Waals surface area contributed by atoms with Crippen LogP contribution in [-0.4, -0.2) is 10.0 Å². The summed E-state index contributed by atoms with van der Waals surface area (Å²) in [6, 6.07) is 11.1. The summed E-state index contributed by atoms with van der Waals surface area (Å²) in [4.78, 5) is 0. The van der Waals surface area contributed by atoms with Crippen molar-refractivity contribution in [1.82, 2.24) is 0 Å². The molecule has 2 aromatic rings. The summed E-state index contributed by atoms with van der Waals surface area (Å²) in [5.74, 6) is -1.09. The molecule has 0 unspecified atom stereocenters. The van der Waals surface area contributed by atoms with Crippen LogP contribution in [0.4, 0.5) is 8.78 Å². The maximum Gasteiger partial charge on any atom is 0.201 e. The van der Waals surface area contributed by atoms with E-state index in [4.69, 9.17) is 4.74 Å². The van der Waals surface area contributed by atoms with Gasteiger partial charge in [-0.2, -0.15) is 4.39 Å². The first-order chi connectivity index (χ1) is 12.1. The molecule has 0 amide bonds. The van der Waals surface area contributed by atoms with Crippen molar-refractivity contribution >= 4 is 22.6 Å². The highest BCUT2D eigenvalue weighted by atomic mass is 127. The molecule has 0 radical (unpaired) electrons. The SMILES string of the molecule is Fc1c(OC2CC2)ccc(-c2ccc(C3CCC(I)CC3)cc2)c1F. The summed E-state index contributed by atoms with van der Waals surface area (Å²) in [5.41, 5.74) is 2.31. The Hall–Kier alpha value is -1.17. The van der Waals surface area contributed by atoms with Crippen molar-refractivity contribution in [3.63, 3.8) is 0 Å². The second-order valence-electron chi connectivity index (χ2n) is 7.13. The molecule has 2 saturated carbocycles. The molecule has 25 heavy (non-hydrogen) atoms. The van der Waals surface area contributed by atoms with Crippen LogP contribution in [0.15, 0.2) is 36.4 Å². The van der Waals surface area contributed by atoms with E-state index in [2.05, 4.69) is 34.7 Å². The van der Waals surface area contributed by atoms with Crippen molar-refractivity contribution in [3.8, 4) is 16.9 Å². The highest BCUT2D eigenvalue weighted by Crippen LogP contribution is 2.37. The zero-order valence-electron chi connectivity index (χ0n) is 14.0. The summed E-state index contributed by atoms with van der Waals surface area (Å²) in [7, 11) is 0. The maximum absolute atomic E-state index is 14.5. The number of benzene rings is 2. The van der Waals surface area contributed by atoms with Gasteiger partial charge in [-0.05, 0) is 67.7 Å². The van der Waals surface area contributed by atoms with E-state index in [0.717, 1.165) is 16.8 Å². The summed E-state index contributed by atoms with van der Waals surface area (Å²) in [6.45, 7) is 0. The Labute approximate surface area is 160 Å². The van der Waals surface area contributed by atoms with Crippen LogP contribution in [0, 0.1) is 11.6 Å². The Morgan fingerprint density at radius 3 is 2.12 bits per heavy atom. The lowest BCUT2D eigenvalue weighted by Gasteiger charge is -2.25. The molecule has 2 fully saturated rings. The van der Waals surface area contributed by atoms with E-state index in [9.17, 15) is 8.78 Å². The standard InChI is InChI=1S/C21H21F2IO/c22-20-18(11-12-19(21(20)23)25-17-9-10-17)15-3-1-13(2-4-15)14-5-7-16(24)8-6-14/h1-4,11-12,14,16-17H,5-10H2. The van der Waals surface area contributed by atoms with Gasteiger partial charge in [-0.1, -0.05) is 46.9 Å². The van der Waals surface area contributed by atoms with Crippen LogP contribution in [0.2, 0.25) is 0 Å². The molecule has 132 valence electrons. The van der Waals surface area contributed by atoms with Crippen molar-refractivity contribution in [2.24, 2.45) is 0 Å². The average Bonchev–Trinajstić information content (AvgIpc) is 3.44. The predicted octanol–water partition coefficient (Wildman–Crippen LogP) is 6.63. The average molecular weight is 454 g/mol. The van der Waals surface area contributed by atoms with Crippen LogP contribution < -0.4 is 4.74 Å². The van der Waals surface area contributed by atoms with Gasteiger partial charge in [0.25, 0.3) is 0 Å². The first kappa shape index (κ1) is 17.3. The molecule has 1 nitrogen and oxygen atoms in total. The Morgan fingerprint density at radius 1 is 0.800 bits per heavy atom. The molecule has 0 aromatic heterocycles. The number of hydrogen-bond donors (Lipinski definition) is 0. The topological polar surface area (TPSA) is 9.23 Å². The molecule has 4 rings (SSSR count). The Kier molecular flexibility index (Phi) is 4.98. The Balaban J connectivity index is 1.54. The van der Waals surface area contributed by atoms with Crippen molar-refractivity contribution in [3.05, 3.63) is 53.6 Å². The van der Waals surface area contributed by atoms with Gasteiger partial charge < -0.3 is 4.74 Å². The minimum Gasteiger partial charge on any atom is -0.487 e. The van der Waals surface area contributed by atoms with Crippen molar-refractivity contribution in [2.45, 2.75) is 54.5 Å². The number of ether oxygens (including phenoxy) is 1. The van der Waals surface area contributed by atoms with E-state index in [1.165, 1.54) is 31.2 Å². The molecule has 2 aliphatic rings. The van der Waals surface area contributed by atoms with Gasteiger partial charge in [0.1, 0.15) is 0 Å². The van der Waals surface area contributed by atoms with E-state index in [-0.39, 0.29) is 11.9 Å². The third kappa shape index (κ3) is 3.83. The summed E-state index contributed by atoms with van der Waals surface area (Å²) < 4.78 is 34.9.